The van der Waals surface area contributed by atoms with Gasteiger partial charge in [-0.25, -0.2) is 0 Å². The van der Waals surface area contributed by atoms with E-state index in [0.29, 0.717) is 0 Å². The molecule has 2 atom stereocenters. The van der Waals surface area contributed by atoms with E-state index >= 15 is 0 Å². The summed E-state index contributed by atoms with van der Waals surface area (Å²) in [7, 11) is -1.41. The third-order valence-corrected chi connectivity index (χ3v) is 9.19. The maximum atomic E-state index is 6.98. The predicted octanol–water partition coefficient (Wildman–Crippen LogP) is 9.33. The molecule has 0 radical (unpaired) electrons. The highest BCUT2D eigenvalue weighted by molar-refractivity contribution is 7.39. The molecule has 168 valence electrons. The van der Waals surface area contributed by atoms with E-state index in [0.717, 1.165) is 33.1 Å². The highest BCUT2D eigenvalue weighted by atomic mass is 31.1. The van der Waals surface area contributed by atoms with Crippen LogP contribution in [0.15, 0.2) is 81.2 Å². The molecule has 0 fully saturated rings. The van der Waals surface area contributed by atoms with Gasteiger partial charge >= 0.3 is 8.16 Å². The fourth-order valence-corrected chi connectivity index (χ4v) is 7.46. The van der Waals surface area contributed by atoms with Crippen molar-refractivity contribution in [1.29, 1.82) is 0 Å². The Morgan fingerprint density at radius 1 is 0.647 bits per heavy atom. The summed E-state index contributed by atoms with van der Waals surface area (Å²) in [5.41, 5.74) is 11.5. The standard InChI is InChI=1S/C30H26NO2P/c1-17-11-25-23-9-5-7-21(15-23)19(3)31-20(4)22-8-6-10-24(16-22)26-12-18(2)14-28-27(13-17)29(25)32-34(31)33-30(26)28/h5-16,19-20H,1-4H3. The lowest BCUT2D eigenvalue weighted by molar-refractivity contribution is 0.560. The SMILES string of the molecule is Cc1cc2c3op4oc5c(cc(C)cc5c3c1)-c1cccc(c1)C(C)N4C(C)c1cccc-2c1. The van der Waals surface area contributed by atoms with Gasteiger partial charge in [-0.1, -0.05) is 36.4 Å². The van der Waals surface area contributed by atoms with Gasteiger partial charge in [0.2, 0.25) is 0 Å². The number of hydrogen-bond acceptors (Lipinski definition) is 3. The van der Waals surface area contributed by atoms with Crippen LogP contribution in [-0.2, 0) is 0 Å². The van der Waals surface area contributed by atoms with Gasteiger partial charge in [0.15, 0.2) is 11.2 Å². The van der Waals surface area contributed by atoms with E-state index in [2.05, 4.69) is 105 Å². The van der Waals surface area contributed by atoms with E-state index in [4.69, 9.17) is 8.39 Å². The number of hydrogen-bond donors (Lipinski definition) is 0. The fraction of sp³-hybridized carbons (Fsp3) is 0.200. The molecule has 7 rings (SSSR count). The van der Waals surface area contributed by atoms with Gasteiger partial charge in [-0.15, -0.1) is 0 Å². The first-order chi connectivity index (χ1) is 16.5. The molecule has 0 spiro atoms. The van der Waals surface area contributed by atoms with Crippen LogP contribution in [-0.4, -0.2) is 0 Å². The second-order valence-corrected chi connectivity index (χ2v) is 11.1. The lowest BCUT2D eigenvalue weighted by Crippen LogP contribution is -2.27. The number of nitrogens with zero attached hydrogens (tertiary/aromatic N) is 1. The van der Waals surface area contributed by atoms with Crippen LogP contribution in [0.5, 0.6) is 0 Å². The van der Waals surface area contributed by atoms with Crippen LogP contribution < -0.4 is 4.67 Å². The third-order valence-electron chi connectivity index (χ3n) is 7.44. The van der Waals surface area contributed by atoms with Crippen LogP contribution in [0.25, 0.3) is 44.2 Å². The molecule has 4 heteroatoms. The van der Waals surface area contributed by atoms with Crippen LogP contribution in [0.1, 0.15) is 48.2 Å². The molecule has 2 aliphatic rings. The minimum absolute atomic E-state index is 0.122. The molecular formula is C30H26NO2P. The first kappa shape index (κ1) is 20.1. The summed E-state index contributed by atoms with van der Waals surface area (Å²) in [6.45, 7) is 8.89. The van der Waals surface area contributed by atoms with Crippen molar-refractivity contribution in [2.45, 2.75) is 39.8 Å². The van der Waals surface area contributed by atoms with Gasteiger partial charge in [0.05, 0.1) is 0 Å². The number of aryl methyl sites for hydroxylation is 2. The molecule has 2 aliphatic heterocycles. The van der Waals surface area contributed by atoms with Crippen molar-refractivity contribution in [3.05, 3.63) is 95.1 Å². The van der Waals surface area contributed by atoms with Crippen LogP contribution >= 0.6 is 8.16 Å². The van der Waals surface area contributed by atoms with Crippen LogP contribution in [0.2, 0.25) is 0 Å². The monoisotopic (exact) mass is 463 g/mol. The molecule has 7 bridgehead atoms. The minimum Gasteiger partial charge on any atom is -0.407 e. The molecule has 3 heterocycles. The smallest absolute Gasteiger partial charge is 0.310 e. The fourth-order valence-electron chi connectivity index (χ4n) is 5.70. The molecule has 2 unspecified atom stereocenters. The van der Waals surface area contributed by atoms with E-state index < -0.39 is 8.16 Å². The van der Waals surface area contributed by atoms with Crippen molar-refractivity contribution < 1.29 is 8.39 Å². The summed E-state index contributed by atoms with van der Waals surface area (Å²) in [6.07, 6.45) is 0. The van der Waals surface area contributed by atoms with Crippen molar-refractivity contribution >= 4 is 30.1 Å². The van der Waals surface area contributed by atoms with E-state index in [9.17, 15) is 0 Å². The van der Waals surface area contributed by atoms with Crippen molar-refractivity contribution in [3.8, 4) is 22.3 Å². The number of benzene rings is 4. The van der Waals surface area contributed by atoms with E-state index in [1.54, 1.807) is 0 Å². The Labute approximate surface area is 200 Å². The van der Waals surface area contributed by atoms with Gasteiger partial charge in [-0.3, -0.25) is 0 Å². The van der Waals surface area contributed by atoms with Crippen molar-refractivity contribution in [2.24, 2.45) is 0 Å². The largest absolute Gasteiger partial charge is 0.407 e. The Morgan fingerprint density at radius 2 is 1.12 bits per heavy atom. The van der Waals surface area contributed by atoms with Crippen LogP contribution in [0, 0.1) is 13.8 Å². The van der Waals surface area contributed by atoms with Crippen molar-refractivity contribution in [1.82, 2.24) is 0 Å². The maximum Gasteiger partial charge on any atom is 0.310 e. The Hall–Kier alpha value is -3.26. The van der Waals surface area contributed by atoms with Gasteiger partial charge in [0.1, 0.15) is 0 Å². The van der Waals surface area contributed by atoms with E-state index in [1.165, 1.54) is 33.4 Å². The Balaban J connectivity index is 1.81. The molecule has 4 aromatic carbocycles. The van der Waals surface area contributed by atoms with Gasteiger partial charge in [-0.05, 0) is 97.5 Å². The van der Waals surface area contributed by atoms with Gasteiger partial charge in [0, 0.05) is 34.0 Å². The zero-order chi connectivity index (χ0) is 23.1. The summed E-state index contributed by atoms with van der Waals surface area (Å²) in [5.74, 6) is 0. The zero-order valence-corrected chi connectivity index (χ0v) is 20.7. The summed E-state index contributed by atoms with van der Waals surface area (Å²) in [6, 6.07) is 27.1. The molecule has 0 saturated carbocycles. The highest BCUT2D eigenvalue weighted by Crippen LogP contribution is 2.51. The molecule has 0 N–H and O–H groups in total. The zero-order valence-electron chi connectivity index (χ0n) is 19.8. The summed E-state index contributed by atoms with van der Waals surface area (Å²) in [4.78, 5) is 0. The normalized spacial score (nSPS) is 19.0. The molecule has 3 nitrogen and oxygen atoms in total. The Bertz CT molecular complexity index is 1560. The van der Waals surface area contributed by atoms with Gasteiger partial charge in [0.25, 0.3) is 0 Å². The number of rotatable bonds is 0. The predicted molar refractivity (Wildman–Crippen MR) is 142 cm³/mol. The minimum atomic E-state index is -1.41. The second kappa shape index (κ2) is 7.12. The summed E-state index contributed by atoms with van der Waals surface area (Å²) >= 11 is 0. The first-order valence-electron chi connectivity index (χ1n) is 11.9. The highest BCUT2D eigenvalue weighted by Gasteiger charge is 2.32. The van der Waals surface area contributed by atoms with Crippen molar-refractivity contribution in [3.63, 3.8) is 0 Å². The van der Waals surface area contributed by atoms with Crippen molar-refractivity contribution in [2.75, 3.05) is 4.67 Å². The molecule has 0 aliphatic carbocycles. The number of fused-ring (bicyclic) bond motifs is 7. The van der Waals surface area contributed by atoms with Gasteiger partial charge in [-0.2, -0.15) is 4.67 Å². The van der Waals surface area contributed by atoms with E-state index in [1.807, 2.05) is 0 Å². The molecule has 5 aromatic rings. The molecular weight excluding hydrogens is 437 g/mol. The molecule has 1 aromatic heterocycles. The molecule has 34 heavy (non-hydrogen) atoms. The average molecular weight is 464 g/mol. The first-order valence-corrected chi connectivity index (χ1v) is 13.1. The van der Waals surface area contributed by atoms with Crippen LogP contribution in [0.3, 0.4) is 0 Å². The van der Waals surface area contributed by atoms with Crippen LogP contribution in [0.4, 0.5) is 0 Å². The third kappa shape index (κ3) is 2.81. The Morgan fingerprint density at radius 3 is 1.59 bits per heavy atom. The second-order valence-electron chi connectivity index (χ2n) is 9.78. The topological polar surface area (TPSA) is 29.5 Å². The average Bonchev–Trinajstić information content (AvgIpc) is 2.96. The quantitative estimate of drug-likeness (QED) is 0.229. The summed E-state index contributed by atoms with van der Waals surface area (Å²) < 4.78 is 16.4. The maximum absolute atomic E-state index is 6.98. The Kier molecular flexibility index (Phi) is 4.22. The van der Waals surface area contributed by atoms with E-state index in [-0.39, 0.29) is 12.1 Å². The lowest BCUT2D eigenvalue weighted by atomic mass is 9.94. The van der Waals surface area contributed by atoms with Gasteiger partial charge < -0.3 is 8.39 Å². The molecule has 0 amide bonds. The molecule has 0 saturated heterocycles. The lowest BCUT2D eigenvalue weighted by Gasteiger charge is -2.31. The summed E-state index contributed by atoms with van der Waals surface area (Å²) in [5, 5.41) is 2.23.